The largest absolute Gasteiger partial charge is 0.279 e. The second kappa shape index (κ2) is 5.86. The molecular formula is C14H9N3O4S2. The molecule has 0 atom stereocenters. The smallest absolute Gasteiger partial charge is 0.258 e. The van der Waals surface area contributed by atoms with E-state index in [2.05, 4.69) is 10.2 Å². The highest BCUT2D eigenvalue weighted by Crippen LogP contribution is 2.34. The van der Waals surface area contributed by atoms with Crippen molar-refractivity contribution in [2.24, 2.45) is 0 Å². The van der Waals surface area contributed by atoms with Crippen molar-refractivity contribution < 1.29 is 13.3 Å². The lowest BCUT2D eigenvalue weighted by atomic mass is 10.2. The van der Waals surface area contributed by atoms with Crippen molar-refractivity contribution in [1.29, 1.82) is 0 Å². The van der Waals surface area contributed by atoms with E-state index in [-0.39, 0.29) is 25.5 Å². The number of rotatable bonds is 4. The predicted octanol–water partition coefficient (Wildman–Crippen LogP) is 2.95. The first-order valence-electron chi connectivity index (χ1n) is 6.37. The van der Waals surface area contributed by atoms with Crippen LogP contribution in [0.2, 0.25) is 0 Å². The van der Waals surface area contributed by atoms with E-state index in [4.69, 9.17) is 0 Å². The fraction of sp³-hybridized carbons (Fsp3) is 0. The SMILES string of the molecule is O=[N+]([O-])c1ccccc1-c1nnc(S(=O)(=O)c2ccccc2)s1. The van der Waals surface area contributed by atoms with Crippen LogP contribution in [0, 0.1) is 10.1 Å². The fourth-order valence-electron chi connectivity index (χ4n) is 1.94. The minimum Gasteiger partial charge on any atom is -0.258 e. The summed E-state index contributed by atoms with van der Waals surface area (Å²) in [4.78, 5) is 10.6. The third-order valence-corrected chi connectivity index (χ3v) is 6.11. The zero-order chi connectivity index (χ0) is 16.4. The Bertz CT molecular complexity index is 968. The first-order chi connectivity index (χ1) is 11.0. The third-order valence-electron chi connectivity index (χ3n) is 3.02. The second-order valence-corrected chi connectivity index (χ2v) is 7.56. The number of sulfone groups is 1. The van der Waals surface area contributed by atoms with E-state index in [0.717, 1.165) is 11.3 Å². The average Bonchev–Trinajstić information content (AvgIpc) is 3.06. The molecule has 1 heterocycles. The second-order valence-electron chi connectivity index (χ2n) is 4.46. The van der Waals surface area contributed by atoms with Crippen molar-refractivity contribution in [1.82, 2.24) is 10.2 Å². The molecule has 0 saturated carbocycles. The highest BCUT2D eigenvalue weighted by molar-refractivity contribution is 7.93. The summed E-state index contributed by atoms with van der Waals surface area (Å²) < 4.78 is 24.7. The maximum atomic E-state index is 12.5. The van der Waals surface area contributed by atoms with Crippen LogP contribution in [-0.2, 0) is 9.84 Å². The lowest BCUT2D eigenvalue weighted by molar-refractivity contribution is -0.384. The molecule has 9 heteroatoms. The topological polar surface area (TPSA) is 103 Å². The Kier molecular flexibility index (Phi) is 3.89. The Labute approximate surface area is 135 Å². The van der Waals surface area contributed by atoms with Crippen LogP contribution >= 0.6 is 11.3 Å². The summed E-state index contributed by atoms with van der Waals surface area (Å²) in [6.07, 6.45) is 0. The van der Waals surface area contributed by atoms with Gasteiger partial charge in [-0.15, -0.1) is 10.2 Å². The van der Waals surface area contributed by atoms with Crippen LogP contribution in [0.5, 0.6) is 0 Å². The standard InChI is InChI=1S/C14H9N3O4S2/c18-17(19)12-9-5-4-8-11(12)13-15-16-14(22-13)23(20,21)10-6-2-1-3-7-10/h1-9H. The fourth-order valence-corrected chi connectivity index (χ4v) is 4.38. The van der Waals surface area contributed by atoms with Gasteiger partial charge in [0.05, 0.1) is 15.4 Å². The summed E-state index contributed by atoms with van der Waals surface area (Å²) in [7, 11) is -3.78. The van der Waals surface area contributed by atoms with Gasteiger partial charge in [0.2, 0.25) is 14.2 Å². The van der Waals surface area contributed by atoms with Gasteiger partial charge in [-0.05, 0) is 18.2 Å². The van der Waals surface area contributed by atoms with Gasteiger partial charge in [0.1, 0.15) is 0 Å². The minimum atomic E-state index is -3.78. The van der Waals surface area contributed by atoms with E-state index in [1.54, 1.807) is 24.3 Å². The average molecular weight is 347 g/mol. The molecule has 0 N–H and O–H groups in total. The van der Waals surface area contributed by atoms with Gasteiger partial charge < -0.3 is 0 Å². The van der Waals surface area contributed by atoms with Crippen molar-refractivity contribution in [2.45, 2.75) is 9.24 Å². The monoisotopic (exact) mass is 347 g/mol. The lowest BCUT2D eigenvalue weighted by Gasteiger charge is -1.99. The Balaban J connectivity index is 2.07. The van der Waals surface area contributed by atoms with E-state index in [9.17, 15) is 18.5 Å². The number of nitro groups is 1. The van der Waals surface area contributed by atoms with Crippen molar-refractivity contribution in [2.75, 3.05) is 0 Å². The van der Waals surface area contributed by atoms with E-state index in [0.29, 0.717) is 0 Å². The molecule has 0 aliphatic carbocycles. The summed E-state index contributed by atoms with van der Waals surface area (Å²) in [6, 6.07) is 13.8. The summed E-state index contributed by atoms with van der Waals surface area (Å²) in [6.45, 7) is 0. The minimum absolute atomic E-state index is 0.102. The number of nitrogens with zero attached hydrogens (tertiary/aromatic N) is 3. The van der Waals surface area contributed by atoms with Crippen LogP contribution in [0.25, 0.3) is 10.6 Å². The van der Waals surface area contributed by atoms with Gasteiger partial charge in [0, 0.05) is 6.07 Å². The van der Waals surface area contributed by atoms with E-state index >= 15 is 0 Å². The van der Waals surface area contributed by atoms with Gasteiger partial charge in [-0.2, -0.15) is 0 Å². The van der Waals surface area contributed by atoms with Crippen LogP contribution in [0.4, 0.5) is 5.69 Å². The third kappa shape index (κ3) is 2.83. The summed E-state index contributed by atoms with van der Waals surface area (Å²) >= 11 is 0.805. The van der Waals surface area contributed by atoms with Crippen molar-refractivity contribution in [3.05, 3.63) is 64.7 Å². The van der Waals surface area contributed by atoms with Crippen molar-refractivity contribution in [3.63, 3.8) is 0 Å². The molecule has 0 radical (unpaired) electrons. The summed E-state index contributed by atoms with van der Waals surface area (Å²) in [5.74, 6) is 0. The first-order valence-corrected chi connectivity index (χ1v) is 8.67. The maximum Gasteiger partial charge on any atom is 0.279 e. The van der Waals surface area contributed by atoms with E-state index in [1.165, 1.54) is 30.3 Å². The molecule has 1 aromatic heterocycles. The molecular weight excluding hydrogens is 338 g/mol. The highest BCUT2D eigenvalue weighted by Gasteiger charge is 2.25. The summed E-state index contributed by atoms with van der Waals surface area (Å²) in [5, 5.41) is 18.8. The van der Waals surface area contributed by atoms with E-state index in [1.807, 2.05) is 0 Å². The number of aromatic nitrogens is 2. The van der Waals surface area contributed by atoms with Crippen LogP contribution in [0.15, 0.2) is 63.8 Å². The molecule has 2 aromatic carbocycles. The van der Waals surface area contributed by atoms with Crippen molar-refractivity contribution >= 4 is 26.9 Å². The predicted molar refractivity (Wildman–Crippen MR) is 83.9 cm³/mol. The zero-order valence-electron chi connectivity index (χ0n) is 11.5. The molecule has 23 heavy (non-hydrogen) atoms. The van der Waals surface area contributed by atoms with E-state index < -0.39 is 14.8 Å². The number of hydrogen-bond donors (Lipinski definition) is 0. The van der Waals surface area contributed by atoms with Crippen LogP contribution in [-0.4, -0.2) is 23.5 Å². The van der Waals surface area contributed by atoms with Crippen LogP contribution in [0.3, 0.4) is 0 Å². The molecule has 0 unspecified atom stereocenters. The molecule has 116 valence electrons. The Morgan fingerprint density at radius 2 is 1.61 bits per heavy atom. The van der Waals surface area contributed by atoms with Crippen molar-refractivity contribution in [3.8, 4) is 10.6 Å². The number of nitro benzene ring substituents is 1. The van der Waals surface area contributed by atoms with Gasteiger partial charge >= 0.3 is 0 Å². The van der Waals surface area contributed by atoms with Crippen LogP contribution in [0.1, 0.15) is 0 Å². The molecule has 0 spiro atoms. The van der Waals surface area contributed by atoms with Gasteiger partial charge in [-0.25, -0.2) is 8.42 Å². The van der Waals surface area contributed by atoms with Gasteiger partial charge in [0.15, 0.2) is 5.01 Å². The quantitative estimate of drug-likeness (QED) is 0.531. The maximum absolute atomic E-state index is 12.5. The van der Waals surface area contributed by atoms with Gasteiger partial charge in [0.25, 0.3) is 5.69 Å². The molecule has 0 saturated heterocycles. The van der Waals surface area contributed by atoms with Gasteiger partial charge in [-0.3, -0.25) is 10.1 Å². The van der Waals surface area contributed by atoms with Gasteiger partial charge in [-0.1, -0.05) is 41.7 Å². The Morgan fingerprint density at radius 1 is 0.957 bits per heavy atom. The highest BCUT2D eigenvalue weighted by atomic mass is 32.2. The molecule has 0 amide bonds. The first kappa shape index (κ1) is 15.3. The number of hydrogen-bond acceptors (Lipinski definition) is 7. The molecule has 0 bridgehead atoms. The molecule has 0 aliphatic heterocycles. The lowest BCUT2D eigenvalue weighted by Crippen LogP contribution is -2.00. The number of benzene rings is 2. The molecule has 7 nitrogen and oxygen atoms in total. The molecule has 0 aliphatic rings. The van der Waals surface area contributed by atoms with Crippen LogP contribution < -0.4 is 0 Å². The normalized spacial score (nSPS) is 11.3. The summed E-state index contributed by atoms with van der Waals surface area (Å²) in [5.41, 5.74) is 0.0943. The Morgan fingerprint density at radius 3 is 2.30 bits per heavy atom. The molecule has 3 aromatic rings. The Hall–Kier alpha value is -2.65. The molecule has 0 fully saturated rings. The number of para-hydroxylation sites is 1. The zero-order valence-corrected chi connectivity index (χ0v) is 13.1. The molecule has 3 rings (SSSR count).